The van der Waals surface area contributed by atoms with Crippen molar-refractivity contribution in [3.05, 3.63) is 41.1 Å². The SMILES string of the molecule is COc1ccc(NC(=O)C2CCCN(S(=O)(=O)c3cc(-c4noc(C)n4)sc3C)C2)cc1. The number of aromatic nitrogens is 2. The van der Waals surface area contributed by atoms with Crippen LogP contribution in [-0.2, 0) is 14.8 Å². The smallest absolute Gasteiger partial charge is 0.244 e. The van der Waals surface area contributed by atoms with Crippen molar-refractivity contribution in [3.63, 3.8) is 0 Å². The largest absolute Gasteiger partial charge is 0.497 e. The van der Waals surface area contributed by atoms with Crippen LogP contribution < -0.4 is 10.1 Å². The summed E-state index contributed by atoms with van der Waals surface area (Å²) in [5.41, 5.74) is 0.643. The minimum absolute atomic E-state index is 0.135. The molecule has 2 aromatic heterocycles. The Morgan fingerprint density at radius 3 is 2.69 bits per heavy atom. The maximum absolute atomic E-state index is 13.4. The number of carbonyl (C=O) groups is 1. The van der Waals surface area contributed by atoms with Crippen molar-refractivity contribution in [3.8, 4) is 16.5 Å². The highest BCUT2D eigenvalue weighted by Crippen LogP contribution is 2.35. The first-order valence-electron chi connectivity index (χ1n) is 10.1. The third-order valence-corrected chi connectivity index (χ3v) is 8.52. The fraction of sp³-hybridized carbons (Fsp3) is 0.381. The normalized spacial score (nSPS) is 17.3. The van der Waals surface area contributed by atoms with Crippen molar-refractivity contribution in [2.75, 3.05) is 25.5 Å². The number of aryl methyl sites for hydroxylation is 2. The van der Waals surface area contributed by atoms with E-state index in [1.54, 1.807) is 51.3 Å². The molecule has 0 radical (unpaired) electrons. The molecule has 1 aliphatic rings. The topological polar surface area (TPSA) is 115 Å². The number of sulfonamides is 1. The molecule has 1 aromatic carbocycles. The van der Waals surface area contributed by atoms with Gasteiger partial charge in [0.05, 0.1) is 22.8 Å². The number of ether oxygens (including phenoxy) is 1. The monoisotopic (exact) mass is 476 g/mol. The molecule has 170 valence electrons. The molecule has 0 bridgehead atoms. The lowest BCUT2D eigenvalue weighted by Gasteiger charge is -2.31. The van der Waals surface area contributed by atoms with Crippen molar-refractivity contribution in [2.24, 2.45) is 5.92 Å². The molecular weight excluding hydrogens is 452 g/mol. The van der Waals surface area contributed by atoms with Gasteiger partial charge in [0.1, 0.15) is 5.75 Å². The van der Waals surface area contributed by atoms with Gasteiger partial charge in [-0.2, -0.15) is 9.29 Å². The van der Waals surface area contributed by atoms with E-state index in [2.05, 4.69) is 15.5 Å². The van der Waals surface area contributed by atoms with Crippen LogP contribution >= 0.6 is 11.3 Å². The van der Waals surface area contributed by atoms with Gasteiger partial charge in [-0.1, -0.05) is 5.16 Å². The first-order valence-corrected chi connectivity index (χ1v) is 12.4. The molecule has 3 aromatic rings. The quantitative estimate of drug-likeness (QED) is 0.579. The third-order valence-electron chi connectivity index (χ3n) is 5.35. The Balaban J connectivity index is 1.49. The Labute approximate surface area is 190 Å². The van der Waals surface area contributed by atoms with Gasteiger partial charge in [0.15, 0.2) is 0 Å². The number of hydrogen-bond donors (Lipinski definition) is 1. The molecular formula is C21H24N4O5S2. The van der Waals surface area contributed by atoms with Gasteiger partial charge in [0, 0.05) is 30.6 Å². The number of thiophene rings is 1. The minimum atomic E-state index is -3.76. The molecule has 3 heterocycles. The number of nitrogens with zero attached hydrogens (tertiary/aromatic N) is 3. The second kappa shape index (κ2) is 9.00. The van der Waals surface area contributed by atoms with Crippen LogP contribution in [0.25, 0.3) is 10.7 Å². The molecule has 4 rings (SSSR count). The van der Waals surface area contributed by atoms with Crippen LogP contribution in [0.1, 0.15) is 23.6 Å². The molecule has 1 aliphatic heterocycles. The fourth-order valence-corrected chi connectivity index (χ4v) is 6.67. The number of piperidine rings is 1. The van der Waals surface area contributed by atoms with E-state index < -0.39 is 15.9 Å². The van der Waals surface area contributed by atoms with E-state index in [9.17, 15) is 13.2 Å². The average molecular weight is 477 g/mol. The third kappa shape index (κ3) is 4.54. The van der Waals surface area contributed by atoms with Gasteiger partial charge in [-0.25, -0.2) is 8.42 Å². The average Bonchev–Trinajstić information content (AvgIpc) is 3.40. The molecule has 0 saturated carbocycles. The van der Waals surface area contributed by atoms with Gasteiger partial charge >= 0.3 is 0 Å². The summed E-state index contributed by atoms with van der Waals surface area (Å²) in [5, 5.41) is 6.75. The van der Waals surface area contributed by atoms with Gasteiger partial charge < -0.3 is 14.6 Å². The summed E-state index contributed by atoms with van der Waals surface area (Å²) in [6, 6.07) is 8.61. The Bertz CT molecular complexity index is 1220. The molecule has 1 unspecified atom stereocenters. The van der Waals surface area contributed by atoms with Crippen molar-refractivity contribution in [1.82, 2.24) is 14.4 Å². The molecule has 0 spiro atoms. The maximum Gasteiger partial charge on any atom is 0.244 e. The highest BCUT2D eigenvalue weighted by molar-refractivity contribution is 7.89. The number of anilines is 1. The van der Waals surface area contributed by atoms with Crippen LogP contribution in [0.2, 0.25) is 0 Å². The molecule has 1 amide bonds. The highest BCUT2D eigenvalue weighted by atomic mass is 32.2. The molecule has 0 aliphatic carbocycles. The zero-order valence-corrected chi connectivity index (χ0v) is 19.6. The van der Waals surface area contributed by atoms with Gasteiger partial charge in [0.25, 0.3) is 0 Å². The number of nitrogens with one attached hydrogen (secondary N) is 1. The second-order valence-electron chi connectivity index (χ2n) is 7.59. The predicted molar refractivity (Wildman–Crippen MR) is 120 cm³/mol. The second-order valence-corrected chi connectivity index (χ2v) is 10.8. The molecule has 1 atom stereocenters. The molecule has 32 heavy (non-hydrogen) atoms. The minimum Gasteiger partial charge on any atom is -0.497 e. The standard InChI is InChI=1S/C21H24N4O5S2/c1-13-19(11-18(31-13)20-22-14(2)30-24-20)32(27,28)25-10-4-5-15(12-25)21(26)23-16-6-8-17(29-3)9-7-16/h6-9,11,15H,4-5,10,12H2,1-3H3,(H,23,26). The number of carbonyl (C=O) groups excluding carboxylic acids is 1. The van der Waals surface area contributed by atoms with E-state index in [1.807, 2.05) is 0 Å². The highest BCUT2D eigenvalue weighted by Gasteiger charge is 2.35. The lowest BCUT2D eigenvalue weighted by Crippen LogP contribution is -2.43. The van der Waals surface area contributed by atoms with E-state index in [1.165, 1.54) is 15.6 Å². The number of hydrogen-bond acceptors (Lipinski definition) is 8. The summed E-state index contributed by atoms with van der Waals surface area (Å²) < 4.78 is 38.3. The van der Waals surface area contributed by atoms with E-state index in [0.717, 1.165) is 0 Å². The Hall–Kier alpha value is -2.76. The maximum atomic E-state index is 13.4. The summed E-state index contributed by atoms with van der Waals surface area (Å²) in [6.07, 6.45) is 1.24. The van der Waals surface area contributed by atoms with Gasteiger partial charge in [-0.3, -0.25) is 4.79 Å². The lowest BCUT2D eigenvalue weighted by atomic mass is 9.99. The van der Waals surface area contributed by atoms with E-state index in [-0.39, 0.29) is 17.3 Å². The first kappa shape index (κ1) is 22.4. The number of amides is 1. The van der Waals surface area contributed by atoms with Crippen LogP contribution in [0.3, 0.4) is 0 Å². The van der Waals surface area contributed by atoms with Crippen molar-refractivity contribution < 1.29 is 22.5 Å². The van der Waals surface area contributed by atoms with Crippen LogP contribution in [-0.4, -0.2) is 49.0 Å². The predicted octanol–water partition coefficient (Wildman–Crippen LogP) is 3.46. The summed E-state index contributed by atoms with van der Waals surface area (Å²) in [6.45, 7) is 3.95. The van der Waals surface area contributed by atoms with E-state index in [0.29, 0.717) is 52.3 Å². The Morgan fingerprint density at radius 1 is 1.28 bits per heavy atom. The summed E-state index contributed by atoms with van der Waals surface area (Å²) >= 11 is 1.30. The molecule has 1 fully saturated rings. The van der Waals surface area contributed by atoms with E-state index >= 15 is 0 Å². The Morgan fingerprint density at radius 2 is 2.03 bits per heavy atom. The number of rotatable bonds is 6. The van der Waals surface area contributed by atoms with Gasteiger partial charge in [0.2, 0.25) is 27.6 Å². The van der Waals surface area contributed by atoms with Gasteiger partial charge in [-0.05, 0) is 50.1 Å². The molecule has 11 heteroatoms. The zero-order chi connectivity index (χ0) is 22.9. The molecule has 1 saturated heterocycles. The zero-order valence-electron chi connectivity index (χ0n) is 18.0. The van der Waals surface area contributed by atoms with Crippen LogP contribution in [0, 0.1) is 19.8 Å². The fourth-order valence-electron chi connectivity index (χ4n) is 3.66. The summed E-state index contributed by atoms with van der Waals surface area (Å²) in [7, 11) is -2.18. The van der Waals surface area contributed by atoms with Crippen molar-refractivity contribution >= 4 is 33.0 Å². The Kier molecular flexibility index (Phi) is 6.31. The van der Waals surface area contributed by atoms with Crippen LogP contribution in [0.15, 0.2) is 39.8 Å². The van der Waals surface area contributed by atoms with Crippen molar-refractivity contribution in [1.29, 1.82) is 0 Å². The molecule has 9 nitrogen and oxygen atoms in total. The number of methoxy groups -OCH3 is 1. The summed E-state index contributed by atoms with van der Waals surface area (Å²) in [4.78, 5) is 18.5. The lowest BCUT2D eigenvalue weighted by molar-refractivity contribution is -0.120. The first-order chi connectivity index (χ1) is 15.3. The summed E-state index contributed by atoms with van der Waals surface area (Å²) in [5.74, 6) is 0.850. The van der Waals surface area contributed by atoms with Crippen LogP contribution in [0.4, 0.5) is 5.69 Å². The van der Waals surface area contributed by atoms with E-state index in [4.69, 9.17) is 9.26 Å². The van der Waals surface area contributed by atoms with Crippen LogP contribution in [0.5, 0.6) is 5.75 Å². The number of benzene rings is 1. The van der Waals surface area contributed by atoms with Gasteiger partial charge in [-0.15, -0.1) is 11.3 Å². The molecule has 1 N–H and O–H groups in total. The van der Waals surface area contributed by atoms with Crippen molar-refractivity contribution in [2.45, 2.75) is 31.6 Å².